The number of carbonyl (C=O) groups is 2. The molecular formula is C19H22N2O2. The lowest BCUT2D eigenvalue weighted by atomic mass is 10.1. The number of nitrogens with one attached hydrogen (secondary N) is 1. The maximum Gasteiger partial charge on any atom is 0.251 e. The van der Waals surface area contributed by atoms with Gasteiger partial charge >= 0.3 is 0 Å². The van der Waals surface area contributed by atoms with Gasteiger partial charge in [-0.3, -0.25) is 9.59 Å². The molecule has 2 aromatic rings. The Kier molecular flexibility index (Phi) is 5.52. The molecule has 2 amide bonds. The van der Waals surface area contributed by atoms with Crippen LogP contribution >= 0.6 is 0 Å². The monoisotopic (exact) mass is 310 g/mol. The van der Waals surface area contributed by atoms with Crippen molar-refractivity contribution in [3.8, 4) is 0 Å². The number of hydrogen-bond acceptors (Lipinski definition) is 2. The Hall–Kier alpha value is -2.62. The van der Waals surface area contributed by atoms with Gasteiger partial charge in [0.15, 0.2) is 0 Å². The van der Waals surface area contributed by atoms with Crippen molar-refractivity contribution in [1.82, 2.24) is 5.32 Å². The van der Waals surface area contributed by atoms with Crippen LogP contribution in [0.25, 0.3) is 0 Å². The van der Waals surface area contributed by atoms with Gasteiger partial charge < -0.3 is 10.2 Å². The highest BCUT2D eigenvalue weighted by Gasteiger charge is 2.15. The molecule has 23 heavy (non-hydrogen) atoms. The fraction of sp³-hybridized carbons (Fsp3) is 0.263. The van der Waals surface area contributed by atoms with E-state index in [4.69, 9.17) is 0 Å². The summed E-state index contributed by atoms with van der Waals surface area (Å²) in [4.78, 5) is 26.1. The Bertz CT molecular complexity index is 693. The molecule has 0 radical (unpaired) electrons. The number of nitrogens with zero attached hydrogens (tertiary/aromatic N) is 1. The van der Waals surface area contributed by atoms with Crippen LogP contribution in [-0.2, 0) is 4.79 Å². The summed E-state index contributed by atoms with van der Waals surface area (Å²) in [6.45, 7) is 6.41. The lowest BCUT2D eigenvalue weighted by Gasteiger charge is -2.21. The van der Waals surface area contributed by atoms with E-state index in [9.17, 15) is 9.59 Å². The van der Waals surface area contributed by atoms with Crippen LogP contribution in [0.3, 0.4) is 0 Å². The number of likely N-dealkylation sites (N-methyl/N-ethyl adjacent to an activating group) is 1. The van der Waals surface area contributed by atoms with Gasteiger partial charge in [-0.15, -0.1) is 0 Å². The standard InChI is InChI=1S/C19H22N2O2/c1-4-21(17-7-5-6-15(3)12-17)18(22)13-20-19(23)16-10-8-14(2)9-11-16/h5-12H,4,13H2,1-3H3,(H,20,23). The van der Waals surface area contributed by atoms with Crippen molar-refractivity contribution in [3.63, 3.8) is 0 Å². The topological polar surface area (TPSA) is 49.4 Å². The summed E-state index contributed by atoms with van der Waals surface area (Å²) < 4.78 is 0. The third-order valence-corrected chi connectivity index (χ3v) is 3.64. The SMILES string of the molecule is CCN(C(=O)CNC(=O)c1ccc(C)cc1)c1cccc(C)c1. The zero-order chi connectivity index (χ0) is 16.8. The van der Waals surface area contributed by atoms with Gasteiger partial charge in [-0.05, 0) is 50.6 Å². The number of rotatable bonds is 5. The second kappa shape index (κ2) is 7.58. The van der Waals surface area contributed by atoms with Crippen LogP contribution < -0.4 is 10.2 Å². The van der Waals surface area contributed by atoms with Crippen molar-refractivity contribution in [2.75, 3.05) is 18.0 Å². The average molecular weight is 310 g/mol. The van der Waals surface area contributed by atoms with Crippen LogP contribution in [0, 0.1) is 13.8 Å². The van der Waals surface area contributed by atoms with Crippen molar-refractivity contribution in [1.29, 1.82) is 0 Å². The molecule has 0 aliphatic heterocycles. The zero-order valence-corrected chi connectivity index (χ0v) is 13.8. The van der Waals surface area contributed by atoms with Crippen LogP contribution in [0.2, 0.25) is 0 Å². The lowest BCUT2D eigenvalue weighted by molar-refractivity contribution is -0.117. The zero-order valence-electron chi connectivity index (χ0n) is 13.8. The van der Waals surface area contributed by atoms with E-state index in [0.717, 1.165) is 16.8 Å². The van der Waals surface area contributed by atoms with Crippen LogP contribution in [0.1, 0.15) is 28.4 Å². The number of anilines is 1. The summed E-state index contributed by atoms with van der Waals surface area (Å²) in [6.07, 6.45) is 0. The molecule has 0 aromatic heterocycles. The summed E-state index contributed by atoms with van der Waals surface area (Å²) in [5.41, 5.74) is 3.59. The van der Waals surface area contributed by atoms with Crippen LogP contribution in [0.5, 0.6) is 0 Å². The Morgan fingerprint density at radius 1 is 1.00 bits per heavy atom. The summed E-state index contributed by atoms with van der Waals surface area (Å²) in [6, 6.07) is 15.0. The molecule has 0 saturated carbocycles. The molecule has 0 unspecified atom stereocenters. The minimum absolute atomic E-state index is 0.0194. The van der Waals surface area contributed by atoms with E-state index in [2.05, 4.69) is 5.32 Å². The highest BCUT2D eigenvalue weighted by Crippen LogP contribution is 2.15. The largest absolute Gasteiger partial charge is 0.343 e. The van der Waals surface area contributed by atoms with Gasteiger partial charge in [0, 0.05) is 17.8 Å². The van der Waals surface area contributed by atoms with Crippen LogP contribution in [-0.4, -0.2) is 24.9 Å². The third kappa shape index (κ3) is 4.42. The summed E-state index contributed by atoms with van der Waals surface area (Å²) in [5.74, 6) is -0.364. The molecule has 0 atom stereocenters. The van der Waals surface area contributed by atoms with Crippen molar-refractivity contribution in [3.05, 3.63) is 65.2 Å². The number of hydrogen-bond donors (Lipinski definition) is 1. The van der Waals surface area contributed by atoms with Gasteiger partial charge in [0.2, 0.25) is 5.91 Å². The van der Waals surface area contributed by atoms with E-state index in [1.807, 2.05) is 57.2 Å². The van der Waals surface area contributed by atoms with Gasteiger partial charge in [-0.1, -0.05) is 29.8 Å². The molecule has 1 N–H and O–H groups in total. The van der Waals surface area contributed by atoms with Crippen molar-refractivity contribution in [2.45, 2.75) is 20.8 Å². The summed E-state index contributed by atoms with van der Waals surface area (Å²) in [5, 5.41) is 2.69. The molecule has 0 bridgehead atoms. The van der Waals surface area contributed by atoms with E-state index in [0.29, 0.717) is 12.1 Å². The maximum absolute atomic E-state index is 12.4. The molecule has 0 heterocycles. The molecule has 0 saturated heterocycles. The quantitative estimate of drug-likeness (QED) is 0.922. The molecule has 2 rings (SSSR count). The molecule has 4 nitrogen and oxygen atoms in total. The van der Waals surface area contributed by atoms with Crippen LogP contribution in [0.4, 0.5) is 5.69 Å². The molecule has 120 valence electrons. The summed E-state index contributed by atoms with van der Waals surface area (Å²) in [7, 11) is 0. The maximum atomic E-state index is 12.4. The predicted octanol–water partition coefficient (Wildman–Crippen LogP) is 3.09. The number of amides is 2. The summed E-state index contributed by atoms with van der Waals surface area (Å²) >= 11 is 0. The normalized spacial score (nSPS) is 10.2. The molecule has 0 aliphatic rings. The minimum atomic E-state index is -0.237. The molecule has 2 aromatic carbocycles. The molecule has 4 heteroatoms. The Morgan fingerprint density at radius 2 is 1.70 bits per heavy atom. The van der Waals surface area contributed by atoms with E-state index in [-0.39, 0.29) is 18.4 Å². The Labute approximate surface area is 137 Å². The Balaban J connectivity index is 2.00. The van der Waals surface area contributed by atoms with Gasteiger partial charge in [0.1, 0.15) is 0 Å². The van der Waals surface area contributed by atoms with Gasteiger partial charge in [-0.25, -0.2) is 0 Å². The first-order valence-corrected chi connectivity index (χ1v) is 7.73. The number of aryl methyl sites for hydroxylation is 2. The fourth-order valence-corrected chi connectivity index (χ4v) is 2.36. The second-order valence-corrected chi connectivity index (χ2v) is 5.53. The second-order valence-electron chi connectivity index (χ2n) is 5.53. The van der Waals surface area contributed by atoms with Gasteiger partial charge in [0.05, 0.1) is 6.54 Å². The highest BCUT2D eigenvalue weighted by atomic mass is 16.2. The van der Waals surface area contributed by atoms with E-state index >= 15 is 0 Å². The average Bonchev–Trinajstić information content (AvgIpc) is 2.54. The first-order chi connectivity index (χ1) is 11.0. The Morgan fingerprint density at radius 3 is 2.30 bits per heavy atom. The fourth-order valence-electron chi connectivity index (χ4n) is 2.36. The smallest absolute Gasteiger partial charge is 0.251 e. The van der Waals surface area contributed by atoms with Gasteiger partial charge in [-0.2, -0.15) is 0 Å². The highest BCUT2D eigenvalue weighted by molar-refractivity contribution is 6.00. The number of carbonyl (C=O) groups excluding carboxylic acids is 2. The molecular weight excluding hydrogens is 288 g/mol. The third-order valence-electron chi connectivity index (χ3n) is 3.64. The predicted molar refractivity (Wildman–Crippen MR) is 92.7 cm³/mol. The molecule has 0 fully saturated rings. The van der Waals surface area contributed by atoms with Crippen LogP contribution in [0.15, 0.2) is 48.5 Å². The minimum Gasteiger partial charge on any atom is -0.343 e. The first kappa shape index (κ1) is 16.7. The van der Waals surface area contributed by atoms with Crippen molar-refractivity contribution < 1.29 is 9.59 Å². The van der Waals surface area contributed by atoms with Gasteiger partial charge in [0.25, 0.3) is 5.91 Å². The van der Waals surface area contributed by atoms with E-state index in [1.54, 1.807) is 17.0 Å². The van der Waals surface area contributed by atoms with Crippen molar-refractivity contribution >= 4 is 17.5 Å². The van der Waals surface area contributed by atoms with Crippen molar-refractivity contribution in [2.24, 2.45) is 0 Å². The van der Waals surface area contributed by atoms with E-state index < -0.39 is 0 Å². The molecule has 0 aliphatic carbocycles. The first-order valence-electron chi connectivity index (χ1n) is 7.73. The van der Waals surface area contributed by atoms with E-state index in [1.165, 1.54) is 0 Å². The number of benzene rings is 2. The lowest BCUT2D eigenvalue weighted by Crippen LogP contribution is -2.40. The molecule has 0 spiro atoms.